The molecule has 8 heteroatoms. The molecule has 1 atom stereocenters. The standard InChI is InChI=1S/C24H16FNO2S4/c25-17-12-15(21-13-22(29)32-31-21)6-9-20(17)28-24(27)16-10-11-26-18(16)7-8-19(26)23(30)14-4-2-1-3-5-14/h1-9,12-13,16H,10-11H2. The van der Waals surface area contributed by atoms with E-state index in [0.717, 1.165) is 30.5 Å². The lowest BCUT2D eigenvalue weighted by molar-refractivity contribution is -0.136. The van der Waals surface area contributed by atoms with Crippen LogP contribution in [0.4, 0.5) is 4.39 Å². The lowest BCUT2D eigenvalue weighted by Gasteiger charge is -2.11. The summed E-state index contributed by atoms with van der Waals surface area (Å²) in [7, 11) is 2.97. The van der Waals surface area contributed by atoms with Gasteiger partial charge in [0.15, 0.2) is 11.6 Å². The smallest absolute Gasteiger partial charge is 0.320 e. The molecular formula is C24H16FNO2S4. The monoisotopic (exact) mass is 497 g/mol. The van der Waals surface area contributed by atoms with Crippen molar-refractivity contribution in [3.8, 4) is 16.2 Å². The van der Waals surface area contributed by atoms with Gasteiger partial charge in [0, 0.05) is 17.1 Å². The summed E-state index contributed by atoms with van der Waals surface area (Å²) in [6.45, 7) is 0.661. The Labute approximate surface area is 202 Å². The van der Waals surface area contributed by atoms with E-state index in [0.29, 0.717) is 18.5 Å². The first kappa shape index (κ1) is 21.3. The number of carbonyl (C=O) groups excluding carboxylic acids is 1. The Morgan fingerprint density at radius 1 is 1.06 bits per heavy atom. The third-order valence-corrected chi connectivity index (χ3v) is 8.81. The zero-order valence-electron chi connectivity index (χ0n) is 16.6. The Balaban J connectivity index is 1.35. The van der Waals surface area contributed by atoms with Crippen LogP contribution >= 0.6 is 45.1 Å². The second-order valence-electron chi connectivity index (χ2n) is 7.39. The lowest BCUT2D eigenvalue weighted by atomic mass is 10.1. The quantitative estimate of drug-likeness (QED) is 0.0976. The van der Waals surface area contributed by atoms with Crippen molar-refractivity contribution >= 4 is 56.0 Å². The van der Waals surface area contributed by atoms with Crippen LogP contribution in [0.5, 0.6) is 5.75 Å². The number of ether oxygens (including phenoxy) is 1. The molecular weight excluding hydrogens is 482 g/mol. The van der Waals surface area contributed by atoms with E-state index in [1.54, 1.807) is 6.07 Å². The summed E-state index contributed by atoms with van der Waals surface area (Å²) in [5.74, 6) is -1.55. The SMILES string of the molecule is O=C(Oc1ccc(-c2cc(=S)ss2)cc1F)C1CCn2c(C(=S)c3ccccc3)ccc21. The minimum atomic E-state index is -0.570. The minimum Gasteiger partial charge on any atom is -0.423 e. The average molecular weight is 498 g/mol. The Kier molecular flexibility index (Phi) is 5.86. The molecule has 4 aromatic rings. The third-order valence-electron chi connectivity index (χ3n) is 5.46. The maximum absolute atomic E-state index is 14.7. The van der Waals surface area contributed by atoms with E-state index in [2.05, 4.69) is 4.57 Å². The molecule has 3 nitrogen and oxygen atoms in total. The number of fused-ring (bicyclic) bond motifs is 1. The summed E-state index contributed by atoms with van der Waals surface area (Å²) in [6, 6.07) is 20.1. The summed E-state index contributed by atoms with van der Waals surface area (Å²) in [6.07, 6.45) is 0.595. The van der Waals surface area contributed by atoms with Gasteiger partial charge >= 0.3 is 5.97 Å². The van der Waals surface area contributed by atoms with Crippen LogP contribution in [-0.4, -0.2) is 15.4 Å². The molecule has 1 aliphatic heterocycles. The van der Waals surface area contributed by atoms with E-state index in [-0.39, 0.29) is 5.75 Å². The molecule has 0 amide bonds. The number of rotatable bonds is 5. The highest BCUT2D eigenvalue weighted by atomic mass is 32.9. The molecule has 0 spiro atoms. The van der Waals surface area contributed by atoms with Gasteiger partial charge in [-0.15, -0.1) is 0 Å². The molecule has 1 aliphatic rings. The number of hydrogen-bond donors (Lipinski definition) is 0. The summed E-state index contributed by atoms with van der Waals surface area (Å²) in [5.41, 5.74) is 3.43. The van der Waals surface area contributed by atoms with Crippen molar-refractivity contribution < 1.29 is 13.9 Å². The fourth-order valence-corrected chi connectivity index (χ4v) is 6.61. The zero-order chi connectivity index (χ0) is 22.2. The molecule has 0 saturated heterocycles. The number of aromatic nitrogens is 1. The number of esters is 1. The number of thiocarbonyl (C=S) groups is 1. The Bertz CT molecular complexity index is 1390. The molecule has 1 unspecified atom stereocenters. The maximum atomic E-state index is 14.7. The van der Waals surface area contributed by atoms with Gasteiger partial charge in [-0.2, -0.15) is 0 Å². The van der Waals surface area contributed by atoms with E-state index in [4.69, 9.17) is 29.2 Å². The summed E-state index contributed by atoms with van der Waals surface area (Å²) in [4.78, 5) is 14.5. The topological polar surface area (TPSA) is 31.2 Å². The second kappa shape index (κ2) is 8.78. The van der Waals surface area contributed by atoms with E-state index in [1.807, 2.05) is 48.5 Å². The van der Waals surface area contributed by atoms with Gasteiger partial charge in [0.1, 0.15) is 3.82 Å². The van der Waals surface area contributed by atoms with Gasteiger partial charge in [0.2, 0.25) is 0 Å². The molecule has 0 saturated carbocycles. The van der Waals surface area contributed by atoms with Crippen LogP contribution in [0.25, 0.3) is 10.4 Å². The Hall–Kier alpha value is -2.52. The van der Waals surface area contributed by atoms with Crippen molar-refractivity contribution in [2.24, 2.45) is 0 Å². The van der Waals surface area contributed by atoms with Gasteiger partial charge in [-0.25, -0.2) is 4.39 Å². The number of benzene rings is 2. The summed E-state index contributed by atoms with van der Waals surface area (Å²) < 4.78 is 22.9. The number of hydrogen-bond acceptors (Lipinski definition) is 6. The van der Waals surface area contributed by atoms with Gasteiger partial charge in [-0.1, -0.05) is 75.4 Å². The van der Waals surface area contributed by atoms with E-state index < -0.39 is 17.7 Å². The van der Waals surface area contributed by atoms with Crippen molar-refractivity contribution in [3.63, 3.8) is 0 Å². The van der Waals surface area contributed by atoms with Gasteiger partial charge in [-0.05, 0) is 53.9 Å². The molecule has 0 radical (unpaired) electrons. The molecule has 32 heavy (non-hydrogen) atoms. The highest BCUT2D eigenvalue weighted by molar-refractivity contribution is 7.81. The lowest BCUT2D eigenvalue weighted by Crippen LogP contribution is -2.17. The first-order valence-corrected chi connectivity index (χ1v) is 12.9. The van der Waals surface area contributed by atoms with Crippen LogP contribution in [-0.2, 0) is 11.3 Å². The fraction of sp³-hybridized carbons (Fsp3) is 0.125. The van der Waals surface area contributed by atoms with Crippen LogP contribution in [0.2, 0.25) is 0 Å². The maximum Gasteiger partial charge on any atom is 0.320 e. The Morgan fingerprint density at radius 3 is 2.59 bits per heavy atom. The van der Waals surface area contributed by atoms with Gasteiger partial charge in [0.05, 0.1) is 16.5 Å². The third kappa shape index (κ3) is 3.99. The predicted molar refractivity (Wildman–Crippen MR) is 133 cm³/mol. The number of halogens is 1. The molecule has 0 fully saturated rings. The molecule has 2 aromatic carbocycles. The largest absolute Gasteiger partial charge is 0.423 e. The molecule has 2 aromatic heterocycles. The molecule has 0 bridgehead atoms. The van der Waals surface area contributed by atoms with Gasteiger partial charge in [-0.3, -0.25) is 4.79 Å². The zero-order valence-corrected chi connectivity index (χ0v) is 19.9. The first-order chi connectivity index (χ1) is 15.5. The second-order valence-corrected chi connectivity index (χ2v) is 10.7. The van der Waals surface area contributed by atoms with Crippen molar-refractivity contribution in [1.29, 1.82) is 0 Å². The molecule has 3 heterocycles. The number of nitrogens with zero attached hydrogens (tertiary/aromatic N) is 1. The van der Waals surface area contributed by atoms with E-state index >= 15 is 0 Å². The van der Waals surface area contributed by atoms with Crippen LogP contribution in [0.1, 0.15) is 29.3 Å². The van der Waals surface area contributed by atoms with E-state index in [1.165, 1.54) is 32.8 Å². The number of carbonyl (C=O) groups is 1. The predicted octanol–water partition coefficient (Wildman–Crippen LogP) is 7.01. The Morgan fingerprint density at radius 2 is 1.88 bits per heavy atom. The molecule has 0 aliphatic carbocycles. The van der Waals surface area contributed by atoms with Crippen LogP contribution in [0.15, 0.2) is 66.7 Å². The van der Waals surface area contributed by atoms with Crippen molar-refractivity contribution in [2.75, 3.05) is 0 Å². The fourth-order valence-electron chi connectivity index (χ4n) is 3.91. The van der Waals surface area contributed by atoms with Gasteiger partial charge < -0.3 is 9.30 Å². The van der Waals surface area contributed by atoms with Crippen LogP contribution in [0, 0.1) is 9.64 Å². The van der Waals surface area contributed by atoms with Crippen LogP contribution < -0.4 is 4.74 Å². The van der Waals surface area contributed by atoms with Crippen molar-refractivity contribution in [1.82, 2.24) is 4.57 Å². The van der Waals surface area contributed by atoms with Crippen LogP contribution in [0.3, 0.4) is 0 Å². The van der Waals surface area contributed by atoms with Gasteiger partial charge in [0.25, 0.3) is 0 Å². The molecule has 160 valence electrons. The normalized spacial score (nSPS) is 14.8. The first-order valence-electron chi connectivity index (χ1n) is 9.92. The molecule has 5 rings (SSSR count). The summed E-state index contributed by atoms with van der Waals surface area (Å²) in [5, 5.41) is 0. The molecule has 0 N–H and O–H groups in total. The summed E-state index contributed by atoms with van der Waals surface area (Å²) >= 11 is 10.8. The highest BCUT2D eigenvalue weighted by Gasteiger charge is 2.33. The minimum absolute atomic E-state index is 0.0670. The average Bonchev–Trinajstić information content (AvgIpc) is 3.51. The van der Waals surface area contributed by atoms with Crippen molar-refractivity contribution in [2.45, 2.75) is 18.9 Å². The van der Waals surface area contributed by atoms with Crippen molar-refractivity contribution in [3.05, 3.63) is 93.3 Å². The van der Waals surface area contributed by atoms with E-state index in [9.17, 15) is 9.18 Å². The highest BCUT2D eigenvalue weighted by Crippen LogP contribution is 2.35.